The molecular weight excluding hydrogens is 486 g/mol. The molecule has 0 spiro atoms. The molecule has 0 radical (unpaired) electrons. The van der Waals surface area contributed by atoms with Crippen LogP contribution in [0.25, 0.3) is 22.5 Å². The van der Waals surface area contributed by atoms with Crippen LogP contribution in [0, 0.1) is 12.8 Å². The number of benzene rings is 3. The Hall–Kier alpha value is -3.86. The van der Waals surface area contributed by atoms with Crippen LogP contribution in [0.3, 0.4) is 0 Å². The van der Waals surface area contributed by atoms with Gasteiger partial charge in [-0.05, 0) is 86.3 Å². The van der Waals surface area contributed by atoms with E-state index in [4.69, 9.17) is 14.0 Å². The quantitative estimate of drug-likeness (QED) is 0.188. The molecule has 0 amide bonds. The third-order valence-corrected chi connectivity index (χ3v) is 7.96. The molecule has 4 aromatic rings. The number of methoxy groups -OCH3 is 1. The Morgan fingerprint density at radius 2 is 1.56 bits per heavy atom. The Labute approximate surface area is 231 Å². The van der Waals surface area contributed by atoms with E-state index in [0.29, 0.717) is 12.5 Å². The smallest absolute Gasteiger partial charge is 0.316 e. The van der Waals surface area contributed by atoms with E-state index in [1.807, 2.05) is 26.0 Å². The number of carbonyl (C=O) groups is 1. The first-order valence-corrected chi connectivity index (χ1v) is 13.9. The standard InChI is InChI=1S/C34H37NO4/c1-5-38-33(36)34(20-21-34)29-16-14-27(15-17-29)26-10-12-28(13-11-26)32-31(24(3)35-39-32)22-23(2)6-7-25-8-18-30(37-4)19-9-25/h8-19,23H,5-7,20-22H2,1-4H3. The van der Waals surface area contributed by atoms with Crippen molar-refractivity contribution in [3.05, 3.63) is 95.2 Å². The van der Waals surface area contributed by atoms with Crippen molar-refractivity contribution in [2.75, 3.05) is 13.7 Å². The predicted molar refractivity (Wildman–Crippen MR) is 154 cm³/mol. The third-order valence-electron chi connectivity index (χ3n) is 7.96. The molecule has 3 aromatic carbocycles. The van der Waals surface area contributed by atoms with Gasteiger partial charge < -0.3 is 14.0 Å². The van der Waals surface area contributed by atoms with Gasteiger partial charge >= 0.3 is 5.97 Å². The predicted octanol–water partition coefficient (Wildman–Crippen LogP) is 7.73. The summed E-state index contributed by atoms with van der Waals surface area (Å²) in [6.07, 6.45) is 4.76. The highest BCUT2D eigenvalue weighted by Crippen LogP contribution is 2.49. The molecule has 1 saturated carbocycles. The number of hydrogen-bond donors (Lipinski definition) is 0. The van der Waals surface area contributed by atoms with Gasteiger partial charge in [0.15, 0.2) is 5.76 Å². The van der Waals surface area contributed by atoms with Crippen LogP contribution in [0.15, 0.2) is 77.3 Å². The Bertz CT molecular complexity index is 1400. The van der Waals surface area contributed by atoms with Crippen LogP contribution < -0.4 is 4.74 Å². The second kappa shape index (κ2) is 11.5. The van der Waals surface area contributed by atoms with E-state index in [0.717, 1.165) is 71.6 Å². The van der Waals surface area contributed by atoms with E-state index < -0.39 is 5.41 Å². The van der Waals surface area contributed by atoms with Gasteiger partial charge in [0.05, 0.1) is 24.8 Å². The van der Waals surface area contributed by atoms with Gasteiger partial charge in [-0.2, -0.15) is 0 Å². The minimum absolute atomic E-state index is 0.102. The molecular formula is C34H37NO4. The minimum Gasteiger partial charge on any atom is -0.497 e. The lowest BCUT2D eigenvalue weighted by atomic mass is 9.91. The summed E-state index contributed by atoms with van der Waals surface area (Å²) in [5, 5.41) is 4.30. The molecule has 0 saturated heterocycles. The summed E-state index contributed by atoms with van der Waals surface area (Å²) in [5.74, 6) is 2.14. The van der Waals surface area contributed by atoms with Crippen LogP contribution in [-0.4, -0.2) is 24.8 Å². The van der Waals surface area contributed by atoms with Crippen molar-refractivity contribution in [1.82, 2.24) is 5.16 Å². The number of aromatic nitrogens is 1. The van der Waals surface area contributed by atoms with Gasteiger partial charge in [0.25, 0.3) is 0 Å². The number of nitrogens with zero attached hydrogens (tertiary/aromatic N) is 1. The first-order chi connectivity index (χ1) is 18.9. The molecule has 1 atom stereocenters. The Morgan fingerprint density at radius 1 is 0.949 bits per heavy atom. The lowest BCUT2D eigenvalue weighted by Gasteiger charge is -2.15. The van der Waals surface area contributed by atoms with Crippen LogP contribution in [0.5, 0.6) is 5.75 Å². The van der Waals surface area contributed by atoms with Crippen molar-refractivity contribution in [2.45, 2.75) is 58.3 Å². The Morgan fingerprint density at radius 3 is 2.15 bits per heavy atom. The van der Waals surface area contributed by atoms with E-state index in [-0.39, 0.29) is 5.97 Å². The fraction of sp³-hybridized carbons (Fsp3) is 0.353. The molecule has 39 heavy (non-hydrogen) atoms. The highest BCUT2D eigenvalue weighted by Gasteiger charge is 2.52. The van der Waals surface area contributed by atoms with Crippen LogP contribution in [0.2, 0.25) is 0 Å². The van der Waals surface area contributed by atoms with Gasteiger partial charge in [-0.15, -0.1) is 0 Å². The van der Waals surface area contributed by atoms with Crippen LogP contribution in [0.4, 0.5) is 0 Å². The van der Waals surface area contributed by atoms with Gasteiger partial charge in [-0.25, -0.2) is 0 Å². The van der Waals surface area contributed by atoms with Crippen molar-refractivity contribution < 1.29 is 18.8 Å². The number of rotatable bonds is 11. The molecule has 5 nitrogen and oxygen atoms in total. The highest BCUT2D eigenvalue weighted by molar-refractivity contribution is 5.87. The molecule has 1 heterocycles. The first kappa shape index (κ1) is 26.7. The first-order valence-electron chi connectivity index (χ1n) is 13.9. The second-order valence-corrected chi connectivity index (χ2v) is 10.7. The number of esters is 1. The molecule has 1 aliphatic rings. The summed E-state index contributed by atoms with van der Waals surface area (Å²) in [5.41, 5.74) is 7.34. The number of ether oxygens (including phenoxy) is 2. The third kappa shape index (κ3) is 5.78. The zero-order chi connectivity index (χ0) is 27.4. The molecule has 0 aliphatic heterocycles. The molecule has 0 N–H and O–H groups in total. The fourth-order valence-corrected chi connectivity index (χ4v) is 5.31. The van der Waals surface area contributed by atoms with Gasteiger partial charge in [0.1, 0.15) is 5.75 Å². The van der Waals surface area contributed by atoms with Crippen molar-refractivity contribution in [1.29, 1.82) is 0 Å². The normalized spacial score (nSPS) is 14.6. The van der Waals surface area contributed by atoms with Gasteiger partial charge in [0.2, 0.25) is 0 Å². The highest BCUT2D eigenvalue weighted by atomic mass is 16.5. The summed E-state index contributed by atoms with van der Waals surface area (Å²) in [6.45, 7) is 6.59. The van der Waals surface area contributed by atoms with Gasteiger partial charge in [-0.1, -0.05) is 72.7 Å². The molecule has 1 aliphatic carbocycles. The average molecular weight is 524 g/mol. The minimum atomic E-state index is -0.440. The zero-order valence-electron chi connectivity index (χ0n) is 23.3. The van der Waals surface area contributed by atoms with E-state index >= 15 is 0 Å². The number of hydrogen-bond acceptors (Lipinski definition) is 5. The van der Waals surface area contributed by atoms with Crippen molar-refractivity contribution in [3.8, 4) is 28.2 Å². The molecule has 1 aromatic heterocycles. The van der Waals surface area contributed by atoms with Crippen LogP contribution in [0.1, 0.15) is 55.5 Å². The van der Waals surface area contributed by atoms with Crippen molar-refractivity contribution >= 4 is 5.97 Å². The molecule has 5 heteroatoms. The van der Waals surface area contributed by atoms with Gasteiger partial charge in [-0.3, -0.25) is 4.79 Å². The summed E-state index contributed by atoms with van der Waals surface area (Å²) in [4.78, 5) is 12.4. The fourth-order valence-electron chi connectivity index (χ4n) is 5.31. The van der Waals surface area contributed by atoms with E-state index in [9.17, 15) is 4.79 Å². The SMILES string of the molecule is CCOC(=O)C1(c2ccc(-c3ccc(-c4onc(C)c4CC(C)CCc4ccc(OC)cc4)cc3)cc2)CC1. The molecule has 0 bridgehead atoms. The lowest BCUT2D eigenvalue weighted by Crippen LogP contribution is -2.23. The number of aryl methyl sites for hydroxylation is 2. The molecule has 1 fully saturated rings. The summed E-state index contributed by atoms with van der Waals surface area (Å²) < 4.78 is 16.4. The summed E-state index contributed by atoms with van der Waals surface area (Å²) in [7, 11) is 1.69. The van der Waals surface area contributed by atoms with E-state index in [1.54, 1.807) is 7.11 Å². The van der Waals surface area contributed by atoms with E-state index in [1.165, 1.54) is 11.1 Å². The van der Waals surface area contributed by atoms with Crippen LogP contribution in [-0.2, 0) is 27.8 Å². The Kier molecular flexibility index (Phi) is 7.87. The topological polar surface area (TPSA) is 61.6 Å². The summed E-state index contributed by atoms with van der Waals surface area (Å²) >= 11 is 0. The van der Waals surface area contributed by atoms with Crippen LogP contribution >= 0.6 is 0 Å². The lowest BCUT2D eigenvalue weighted by molar-refractivity contribution is -0.146. The molecule has 1 unspecified atom stereocenters. The number of carbonyl (C=O) groups excluding carboxylic acids is 1. The average Bonchev–Trinajstić information content (AvgIpc) is 3.71. The van der Waals surface area contributed by atoms with E-state index in [2.05, 4.69) is 72.7 Å². The van der Waals surface area contributed by atoms with Crippen molar-refractivity contribution in [3.63, 3.8) is 0 Å². The maximum atomic E-state index is 12.4. The molecule has 5 rings (SSSR count). The zero-order valence-corrected chi connectivity index (χ0v) is 23.3. The Balaban J connectivity index is 1.25. The second-order valence-electron chi connectivity index (χ2n) is 10.7. The molecule has 202 valence electrons. The maximum absolute atomic E-state index is 12.4. The largest absolute Gasteiger partial charge is 0.497 e. The van der Waals surface area contributed by atoms with Gasteiger partial charge in [0, 0.05) is 11.1 Å². The monoisotopic (exact) mass is 523 g/mol. The summed E-state index contributed by atoms with van der Waals surface area (Å²) in [6, 6.07) is 25.1. The van der Waals surface area contributed by atoms with Crippen molar-refractivity contribution in [2.24, 2.45) is 5.92 Å². The maximum Gasteiger partial charge on any atom is 0.316 e.